The Balaban J connectivity index is 1.64. The Bertz CT molecular complexity index is 1390. The molecule has 1 amide bonds. The molecule has 1 saturated heterocycles. The fraction of sp³-hybridized carbons (Fsp3) is 0.536. The monoisotopic (exact) mass is 608 g/mol. The second-order valence-corrected chi connectivity index (χ2v) is 10.7. The van der Waals surface area contributed by atoms with Crippen LogP contribution in [0.5, 0.6) is 0 Å². The van der Waals surface area contributed by atoms with E-state index in [1.165, 1.54) is 4.90 Å². The van der Waals surface area contributed by atoms with E-state index in [4.69, 9.17) is 15.0 Å². The quantitative estimate of drug-likeness (QED) is 0.191. The molecule has 16 heteroatoms. The first-order valence-corrected chi connectivity index (χ1v) is 14.1. The van der Waals surface area contributed by atoms with Crippen molar-refractivity contribution in [3.63, 3.8) is 0 Å². The lowest BCUT2D eigenvalue weighted by atomic mass is 9.72. The number of nitrogens with zero attached hydrogens (tertiary/aromatic N) is 10. The van der Waals surface area contributed by atoms with Gasteiger partial charge in [0, 0.05) is 33.2 Å². The third-order valence-corrected chi connectivity index (χ3v) is 8.13. The van der Waals surface area contributed by atoms with E-state index in [0.717, 1.165) is 11.1 Å². The molecule has 2 aliphatic rings. The van der Waals surface area contributed by atoms with Crippen molar-refractivity contribution in [3.8, 4) is 0 Å². The molecule has 1 saturated carbocycles. The molecule has 4 rings (SSSR count). The highest BCUT2D eigenvalue weighted by molar-refractivity contribution is 5.68. The number of aliphatic hydroxyl groups is 2. The molecule has 1 aliphatic carbocycles. The van der Waals surface area contributed by atoms with Gasteiger partial charge in [0.15, 0.2) is 0 Å². The predicted molar refractivity (Wildman–Crippen MR) is 155 cm³/mol. The van der Waals surface area contributed by atoms with Gasteiger partial charge in [-0.05, 0) is 47.0 Å². The molecule has 0 spiro atoms. The van der Waals surface area contributed by atoms with E-state index >= 15 is 0 Å². The summed E-state index contributed by atoms with van der Waals surface area (Å²) in [4.78, 5) is 23.2. The third-order valence-electron chi connectivity index (χ3n) is 8.13. The smallest absolute Gasteiger partial charge is 0.410 e. The Hall–Kier alpha value is -4.55. The van der Waals surface area contributed by atoms with Crippen molar-refractivity contribution < 1.29 is 28.9 Å². The third kappa shape index (κ3) is 7.69. The molecule has 4 unspecified atom stereocenters. The molecule has 2 fully saturated rings. The number of hydrogen-bond acceptors (Lipinski definition) is 8. The summed E-state index contributed by atoms with van der Waals surface area (Å²) in [6, 6.07) is 13.9. The van der Waals surface area contributed by atoms with Crippen LogP contribution >= 0.6 is 0 Å². The molecule has 0 aromatic heterocycles. The standard InChI is InChI=1S/C28H33FN10O5/c29-14-22(39(15-17-7-3-1-4-8-17)28(42)43-16-18-9-5-2-6-10-18)23-12-11-19(33-36-30)27(44-23)24-20(34-37-31)13-21(35-38-32)25(40)26(24)41/h1-10,19-27,40-41H,11-16H2/t19?,20?,21?,22-,23+,24?,25+,26+,27+/m1/s1. The number of benzene rings is 2. The van der Waals surface area contributed by atoms with Gasteiger partial charge in [0.1, 0.15) is 13.3 Å². The van der Waals surface area contributed by atoms with E-state index in [9.17, 15) is 30.5 Å². The number of aliphatic hydroxyl groups excluding tert-OH is 2. The molecule has 44 heavy (non-hydrogen) atoms. The second kappa shape index (κ2) is 15.8. The van der Waals surface area contributed by atoms with Gasteiger partial charge in [0.05, 0.1) is 42.5 Å². The molecule has 1 aliphatic heterocycles. The summed E-state index contributed by atoms with van der Waals surface area (Å²) in [5.74, 6) is -1.10. The average molecular weight is 609 g/mol. The highest BCUT2D eigenvalue weighted by atomic mass is 19.1. The van der Waals surface area contributed by atoms with Crippen LogP contribution in [0.4, 0.5) is 9.18 Å². The topological polar surface area (TPSA) is 226 Å². The molecule has 232 valence electrons. The van der Waals surface area contributed by atoms with Crippen LogP contribution in [0.25, 0.3) is 31.3 Å². The highest BCUT2D eigenvalue weighted by Crippen LogP contribution is 2.40. The summed E-state index contributed by atoms with van der Waals surface area (Å²) < 4.78 is 26.9. The molecular formula is C28H33FN10O5. The number of hydrogen-bond donors (Lipinski definition) is 2. The molecule has 1 heterocycles. The lowest BCUT2D eigenvalue weighted by Crippen LogP contribution is -2.61. The predicted octanol–water partition coefficient (Wildman–Crippen LogP) is 5.49. The van der Waals surface area contributed by atoms with Crippen molar-refractivity contribution in [2.45, 2.75) is 81.0 Å². The average Bonchev–Trinajstić information content (AvgIpc) is 3.04. The SMILES string of the molecule is [N-]=[N+]=NC1CC(N=[N+]=[N-])[C@H](O)[C@@H](O)C1[C@H]1O[C@H]([C@@H](CF)N(Cc2ccccc2)C(=O)OCc2ccccc2)CCC1N=[N+]=[N-]. The number of rotatable bonds is 11. The maximum atomic E-state index is 15.0. The van der Waals surface area contributed by atoms with Crippen molar-refractivity contribution in [1.82, 2.24) is 4.90 Å². The number of carbonyl (C=O) groups is 1. The van der Waals surface area contributed by atoms with Gasteiger partial charge in [0.25, 0.3) is 0 Å². The Morgan fingerprint density at radius 3 is 2.11 bits per heavy atom. The van der Waals surface area contributed by atoms with Crippen LogP contribution in [-0.2, 0) is 22.6 Å². The minimum atomic E-state index is -1.60. The second-order valence-electron chi connectivity index (χ2n) is 10.7. The molecular weight excluding hydrogens is 575 g/mol. The van der Waals surface area contributed by atoms with Crippen LogP contribution in [0.3, 0.4) is 0 Å². The molecule has 15 nitrogen and oxygen atoms in total. The lowest BCUT2D eigenvalue weighted by Gasteiger charge is -2.48. The maximum absolute atomic E-state index is 15.0. The normalized spacial score (nSPS) is 28.7. The van der Waals surface area contributed by atoms with Gasteiger partial charge in [-0.1, -0.05) is 76.0 Å². The van der Waals surface area contributed by atoms with Crippen molar-refractivity contribution in [2.24, 2.45) is 21.3 Å². The first-order chi connectivity index (χ1) is 21.4. The molecule has 2 aromatic carbocycles. The summed E-state index contributed by atoms with van der Waals surface area (Å²) in [5, 5.41) is 33.0. The largest absolute Gasteiger partial charge is 0.445 e. The maximum Gasteiger partial charge on any atom is 0.410 e. The van der Waals surface area contributed by atoms with E-state index in [1.807, 2.05) is 12.1 Å². The van der Waals surface area contributed by atoms with Gasteiger partial charge in [-0.2, -0.15) is 0 Å². The number of alkyl halides is 1. The summed E-state index contributed by atoms with van der Waals surface area (Å²) in [7, 11) is 0. The summed E-state index contributed by atoms with van der Waals surface area (Å²) >= 11 is 0. The molecule has 2 aromatic rings. The zero-order valence-corrected chi connectivity index (χ0v) is 23.7. The Kier molecular flexibility index (Phi) is 11.6. The van der Waals surface area contributed by atoms with Crippen LogP contribution in [0.15, 0.2) is 76.0 Å². The van der Waals surface area contributed by atoms with E-state index in [2.05, 4.69) is 30.1 Å². The van der Waals surface area contributed by atoms with Crippen LogP contribution in [-0.4, -0.2) is 76.5 Å². The van der Waals surface area contributed by atoms with Crippen LogP contribution in [0.2, 0.25) is 0 Å². The minimum absolute atomic E-state index is 0.00726. The van der Waals surface area contributed by atoms with E-state index in [0.29, 0.717) is 0 Å². The number of halogens is 1. The molecule has 0 bridgehead atoms. The van der Waals surface area contributed by atoms with Crippen molar-refractivity contribution in [2.75, 3.05) is 6.67 Å². The van der Waals surface area contributed by atoms with Crippen molar-refractivity contribution in [1.29, 1.82) is 0 Å². The fourth-order valence-corrected chi connectivity index (χ4v) is 5.98. The van der Waals surface area contributed by atoms with Crippen molar-refractivity contribution in [3.05, 3.63) is 103 Å². The van der Waals surface area contributed by atoms with E-state index in [1.54, 1.807) is 48.5 Å². The first kappa shape index (κ1) is 32.4. The van der Waals surface area contributed by atoms with Crippen LogP contribution < -0.4 is 0 Å². The van der Waals surface area contributed by atoms with Gasteiger partial charge >= 0.3 is 6.09 Å². The number of ether oxygens (including phenoxy) is 2. The zero-order chi connectivity index (χ0) is 31.5. The number of carbonyl (C=O) groups excluding carboxylic acids is 1. The Morgan fingerprint density at radius 1 is 0.909 bits per heavy atom. The highest BCUT2D eigenvalue weighted by Gasteiger charge is 2.51. The zero-order valence-electron chi connectivity index (χ0n) is 23.7. The van der Waals surface area contributed by atoms with Crippen LogP contribution in [0, 0.1) is 5.92 Å². The Morgan fingerprint density at radius 2 is 1.50 bits per heavy atom. The van der Waals surface area contributed by atoms with E-state index < -0.39 is 67.3 Å². The number of amides is 1. The number of azide groups is 3. The van der Waals surface area contributed by atoms with Crippen LogP contribution in [0.1, 0.15) is 30.4 Å². The molecule has 2 N–H and O–H groups in total. The molecule has 0 radical (unpaired) electrons. The summed E-state index contributed by atoms with van der Waals surface area (Å²) in [5.41, 5.74) is 28.9. The Labute approximate surface area is 252 Å². The first-order valence-electron chi connectivity index (χ1n) is 14.1. The lowest BCUT2D eigenvalue weighted by molar-refractivity contribution is -0.166. The molecule has 9 atom stereocenters. The summed E-state index contributed by atoms with van der Waals surface area (Å²) in [6.45, 7) is -1.04. The minimum Gasteiger partial charge on any atom is -0.445 e. The van der Waals surface area contributed by atoms with Crippen molar-refractivity contribution >= 4 is 6.09 Å². The van der Waals surface area contributed by atoms with Gasteiger partial charge in [0.2, 0.25) is 0 Å². The van der Waals surface area contributed by atoms with Gasteiger partial charge in [-0.3, -0.25) is 4.90 Å². The van der Waals surface area contributed by atoms with E-state index in [-0.39, 0.29) is 32.4 Å². The van der Waals surface area contributed by atoms with Gasteiger partial charge in [-0.25, -0.2) is 9.18 Å². The summed E-state index contributed by atoms with van der Waals surface area (Å²) in [6.07, 6.45) is -5.72. The fourth-order valence-electron chi connectivity index (χ4n) is 5.98. The van der Waals surface area contributed by atoms with Gasteiger partial charge < -0.3 is 19.7 Å². The van der Waals surface area contributed by atoms with Gasteiger partial charge in [-0.15, -0.1) is 0 Å².